The maximum absolute atomic E-state index is 14.6. The second-order valence-corrected chi connectivity index (χ2v) is 8.17. The summed E-state index contributed by atoms with van der Waals surface area (Å²) < 4.78 is 53.1. The van der Waals surface area contributed by atoms with Gasteiger partial charge in [0.1, 0.15) is 29.8 Å². The minimum Gasteiger partial charge on any atom is -0.488 e. The third-order valence-corrected chi connectivity index (χ3v) is 5.96. The molecule has 2 atom stereocenters. The fourth-order valence-corrected chi connectivity index (χ4v) is 4.38. The molecule has 1 N–H and O–H groups in total. The number of alkyl halides is 2. The highest BCUT2D eigenvalue weighted by Gasteiger charge is 2.49. The van der Waals surface area contributed by atoms with Crippen molar-refractivity contribution in [3.63, 3.8) is 0 Å². The number of hydrogen-bond acceptors (Lipinski definition) is 6. The number of aromatic nitrogens is 4. The summed E-state index contributed by atoms with van der Waals surface area (Å²) in [7, 11) is 1.69. The van der Waals surface area contributed by atoms with Crippen LogP contribution in [0.3, 0.4) is 0 Å². The van der Waals surface area contributed by atoms with Gasteiger partial charge in [0.25, 0.3) is 5.92 Å². The number of aryl methyl sites for hydroxylation is 1. The van der Waals surface area contributed by atoms with Crippen molar-refractivity contribution in [2.24, 2.45) is 7.05 Å². The van der Waals surface area contributed by atoms with E-state index in [0.29, 0.717) is 11.5 Å². The van der Waals surface area contributed by atoms with Crippen LogP contribution in [0.1, 0.15) is 24.5 Å². The first kappa shape index (κ1) is 20.8. The highest BCUT2D eigenvalue weighted by atomic mass is 35.5. The van der Waals surface area contributed by atoms with Crippen molar-refractivity contribution in [1.82, 2.24) is 19.7 Å². The van der Waals surface area contributed by atoms with Crippen LogP contribution in [0.5, 0.6) is 5.75 Å². The molecule has 2 heterocycles. The van der Waals surface area contributed by atoms with Crippen molar-refractivity contribution in [2.45, 2.75) is 35.7 Å². The summed E-state index contributed by atoms with van der Waals surface area (Å²) in [5, 5.41) is 4.18. The number of benzene rings is 1. The van der Waals surface area contributed by atoms with E-state index in [1.165, 1.54) is 12.4 Å². The zero-order chi connectivity index (χ0) is 21.3. The van der Waals surface area contributed by atoms with Gasteiger partial charge in [0.15, 0.2) is 0 Å². The number of ether oxygens (including phenoxy) is 1. The highest BCUT2D eigenvalue weighted by Crippen LogP contribution is 2.47. The smallest absolute Gasteiger partial charge is 0.252 e. The van der Waals surface area contributed by atoms with E-state index in [9.17, 15) is 13.2 Å². The number of rotatable bonds is 6. The zero-order valence-electron chi connectivity index (χ0n) is 15.7. The van der Waals surface area contributed by atoms with Gasteiger partial charge in [0, 0.05) is 50.0 Å². The summed E-state index contributed by atoms with van der Waals surface area (Å²) in [6.07, 6.45) is 2.75. The molecule has 0 aliphatic heterocycles. The molecule has 0 saturated heterocycles. The Morgan fingerprint density at radius 2 is 2.10 bits per heavy atom. The van der Waals surface area contributed by atoms with Crippen LogP contribution in [0, 0.1) is 5.82 Å². The molecule has 0 amide bonds. The first-order valence-corrected chi connectivity index (χ1v) is 10.2. The van der Waals surface area contributed by atoms with Crippen molar-refractivity contribution >= 4 is 29.4 Å². The Bertz CT molecular complexity index is 1040. The van der Waals surface area contributed by atoms with Crippen LogP contribution < -0.4 is 9.46 Å². The van der Waals surface area contributed by atoms with Gasteiger partial charge in [0.05, 0.1) is 9.92 Å². The second-order valence-electron chi connectivity index (χ2n) is 6.92. The Morgan fingerprint density at radius 1 is 1.27 bits per heavy atom. The maximum atomic E-state index is 14.6. The van der Waals surface area contributed by atoms with Crippen molar-refractivity contribution in [3.8, 4) is 5.75 Å². The number of halogens is 4. The van der Waals surface area contributed by atoms with Crippen LogP contribution in [0.2, 0.25) is 5.02 Å². The van der Waals surface area contributed by atoms with Gasteiger partial charge >= 0.3 is 0 Å². The molecule has 1 aliphatic rings. The average molecular weight is 456 g/mol. The van der Waals surface area contributed by atoms with Crippen LogP contribution >= 0.6 is 23.5 Å². The number of nitrogens with one attached hydrogen (secondary N) is 1. The molecule has 158 valence electrons. The SMILES string of the molecule is Cn1nccc1C1CC(F)(F)C[C@@H]1Oc1cc(F)c(SNc2ccncn2)cc1Cl. The number of nitrogens with zero attached hydrogens (tertiary/aromatic N) is 4. The van der Waals surface area contributed by atoms with Crippen molar-refractivity contribution in [1.29, 1.82) is 0 Å². The van der Waals surface area contributed by atoms with Crippen LogP contribution in [-0.4, -0.2) is 31.8 Å². The molecule has 0 radical (unpaired) electrons. The fraction of sp³-hybridized carbons (Fsp3) is 0.316. The molecule has 1 aliphatic carbocycles. The second kappa shape index (κ2) is 8.35. The first-order chi connectivity index (χ1) is 14.3. The molecule has 1 aromatic carbocycles. The van der Waals surface area contributed by atoms with Crippen LogP contribution in [0.4, 0.5) is 19.0 Å². The Morgan fingerprint density at radius 3 is 2.80 bits per heavy atom. The van der Waals surface area contributed by atoms with Crippen LogP contribution in [0.15, 0.2) is 47.9 Å². The quantitative estimate of drug-likeness (QED) is 0.523. The highest BCUT2D eigenvalue weighted by molar-refractivity contribution is 8.00. The summed E-state index contributed by atoms with van der Waals surface area (Å²) in [6, 6.07) is 5.81. The van der Waals surface area contributed by atoms with Crippen molar-refractivity contribution in [2.75, 3.05) is 4.72 Å². The Hall–Kier alpha value is -2.46. The van der Waals surface area contributed by atoms with Gasteiger partial charge in [-0.25, -0.2) is 23.1 Å². The molecular formula is C19H17ClF3N5OS. The van der Waals surface area contributed by atoms with Crippen molar-refractivity contribution in [3.05, 3.63) is 59.5 Å². The monoisotopic (exact) mass is 455 g/mol. The molecular weight excluding hydrogens is 439 g/mol. The molecule has 4 rings (SSSR count). The van der Waals surface area contributed by atoms with Gasteiger partial charge in [-0.05, 0) is 30.1 Å². The fourth-order valence-electron chi connectivity index (χ4n) is 3.44. The van der Waals surface area contributed by atoms with E-state index in [1.807, 2.05) is 0 Å². The van der Waals surface area contributed by atoms with E-state index in [-0.39, 0.29) is 22.1 Å². The van der Waals surface area contributed by atoms with E-state index in [1.54, 1.807) is 36.3 Å². The molecule has 1 fully saturated rings. The Kier molecular flexibility index (Phi) is 5.79. The van der Waals surface area contributed by atoms with E-state index < -0.39 is 30.2 Å². The lowest BCUT2D eigenvalue weighted by Gasteiger charge is -2.21. The summed E-state index contributed by atoms with van der Waals surface area (Å²) in [4.78, 5) is 8.00. The number of hydrogen-bond donors (Lipinski definition) is 1. The minimum absolute atomic E-state index is 0.0235. The number of anilines is 1. The van der Waals surface area contributed by atoms with Gasteiger partial charge in [-0.2, -0.15) is 5.10 Å². The third kappa shape index (κ3) is 4.49. The van der Waals surface area contributed by atoms with Gasteiger partial charge in [0.2, 0.25) is 0 Å². The third-order valence-electron chi connectivity index (χ3n) is 4.82. The average Bonchev–Trinajstić information content (AvgIpc) is 3.26. The Balaban J connectivity index is 1.52. The minimum atomic E-state index is -2.89. The topological polar surface area (TPSA) is 64.9 Å². The standard InChI is InChI=1S/C19H17ClF3N5OS/c1-28-14(2-5-26-28)11-8-19(22,23)9-16(11)29-15-7-13(21)17(6-12(15)20)30-27-18-3-4-24-10-25-18/h2-7,10-11,16H,8-9H2,1H3,(H,24,25,27)/t11?,16-/m0/s1. The van der Waals surface area contributed by atoms with E-state index in [4.69, 9.17) is 16.3 Å². The summed E-state index contributed by atoms with van der Waals surface area (Å²) in [5.41, 5.74) is 0.634. The van der Waals surface area contributed by atoms with Gasteiger partial charge < -0.3 is 9.46 Å². The molecule has 0 spiro atoms. The van der Waals surface area contributed by atoms with Gasteiger partial charge in [-0.3, -0.25) is 4.68 Å². The predicted octanol–water partition coefficient (Wildman–Crippen LogP) is 5.08. The summed E-state index contributed by atoms with van der Waals surface area (Å²) >= 11 is 7.25. The van der Waals surface area contributed by atoms with Crippen LogP contribution in [-0.2, 0) is 7.05 Å². The Labute approximate surface area is 179 Å². The summed E-state index contributed by atoms with van der Waals surface area (Å²) in [5.74, 6) is -3.54. The lowest BCUT2D eigenvalue weighted by atomic mass is 10.0. The molecule has 1 saturated carbocycles. The lowest BCUT2D eigenvalue weighted by Crippen LogP contribution is -2.22. The molecule has 3 aromatic rings. The molecule has 30 heavy (non-hydrogen) atoms. The molecule has 2 aromatic heterocycles. The van der Waals surface area contributed by atoms with Gasteiger partial charge in [-0.1, -0.05) is 11.6 Å². The molecule has 11 heteroatoms. The van der Waals surface area contributed by atoms with Gasteiger partial charge in [-0.15, -0.1) is 0 Å². The maximum Gasteiger partial charge on any atom is 0.252 e. The lowest BCUT2D eigenvalue weighted by molar-refractivity contribution is -0.00138. The normalized spacial score (nSPS) is 20.3. The molecule has 6 nitrogen and oxygen atoms in total. The first-order valence-electron chi connectivity index (χ1n) is 9.03. The van der Waals surface area contributed by atoms with E-state index in [2.05, 4.69) is 19.8 Å². The van der Waals surface area contributed by atoms with E-state index in [0.717, 1.165) is 18.0 Å². The predicted molar refractivity (Wildman–Crippen MR) is 107 cm³/mol. The van der Waals surface area contributed by atoms with Crippen molar-refractivity contribution < 1.29 is 17.9 Å². The largest absolute Gasteiger partial charge is 0.488 e. The summed E-state index contributed by atoms with van der Waals surface area (Å²) in [6.45, 7) is 0. The van der Waals surface area contributed by atoms with Crippen LogP contribution in [0.25, 0.3) is 0 Å². The zero-order valence-corrected chi connectivity index (χ0v) is 17.3. The molecule has 0 bridgehead atoms. The molecule has 1 unspecified atom stereocenters. The van der Waals surface area contributed by atoms with E-state index >= 15 is 0 Å².